The standard InChI is InChI=1S/C18H25N3O2/c1-15-6-3-4-7-16(15)23-14-18(22-2)8-5-11-21(13-18)12-17-19-9-10-20-17/h3-4,6-7,9-10H,5,8,11-14H2,1-2H3,(H,19,20)/t18-/m1/s1. The Morgan fingerprint density at radius 1 is 1.35 bits per heavy atom. The first-order valence-corrected chi connectivity index (χ1v) is 8.15. The number of hydrogen-bond acceptors (Lipinski definition) is 4. The van der Waals surface area contributed by atoms with E-state index < -0.39 is 0 Å². The lowest BCUT2D eigenvalue weighted by atomic mass is 9.93. The van der Waals surface area contributed by atoms with E-state index in [0.29, 0.717) is 6.61 Å². The van der Waals surface area contributed by atoms with Crippen molar-refractivity contribution >= 4 is 0 Å². The first kappa shape index (κ1) is 16.0. The lowest BCUT2D eigenvalue weighted by Gasteiger charge is -2.41. The van der Waals surface area contributed by atoms with Crippen molar-refractivity contribution in [2.45, 2.75) is 31.9 Å². The second-order valence-electron chi connectivity index (χ2n) is 6.29. The molecule has 23 heavy (non-hydrogen) atoms. The molecule has 1 aliphatic heterocycles. The quantitative estimate of drug-likeness (QED) is 0.890. The minimum atomic E-state index is -0.257. The monoisotopic (exact) mass is 315 g/mol. The van der Waals surface area contributed by atoms with Crippen molar-refractivity contribution in [2.75, 3.05) is 26.8 Å². The van der Waals surface area contributed by atoms with Gasteiger partial charge < -0.3 is 14.5 Å². The van der Waals surface area contributed by atoms with Crippen LogP contribution in [-0.4, -0.2) is 47.3 Å². The summed E-state index contributed by atoms with van der Waals surface area (Å²) >= 11 is 0. The molecule has 1 atom stereocenters. The summed E-state index contributed by atoms with van der Waals surface area (Å²) in [6.07, 6.45) is 5.78. The first-order chi connectivity index (χ1) is 11.2. The molecule has 0 aliphatic carbocycles. The average molecular weight is 315 g/mol. The number of rotatable bonds is 6. The third-order valence-electron chi connectivity index (χ3n) is 4.56. The predicted molar refractivity (Wildman–Crippen MR) is 89.5 cm³/mol. The molecule has 1 aromatic carbocycles. The summed E-state index contributed by atoms with van der Waals surface area (Å²) in [6, 6.07) is 8.12. The van der Waals surface area contributed by atoms with Crippen molar-refractivity contribution in [2.24, 2.45) is 0 Å². The van der Waals surface area contributed by atoms with Crippen LogP contribution in [0.2, 0.25) is 0 Å². The van der Waals surface area contributed by atoms with Gasteiger partial charge in [-0.25, -0.2) is 4.98 Å². The number of H-pyrrole nitrogens is 1. The molecule has 1 fully saturated rings. The minimum Gasteiger partial charge on any atom is -0.490 e. The van der Waals surface area contributed by atoms with E-state index in [1.54, 1.807) is 13.3 Å². The molecule has 1 aliphatic rings. The molecule has 0 unspecified atom stereocenters. The highest BCUT2D eigenvalue weighted by atomic mass is 16.5. The summed E-state index contributed by atoms with van der Waals surface area (Å²) in [5.41, 5.74) is 0.898. The van der Waals surface area contributed by atoms with Crippen molar-refractivity contribution in [3.05, 3.63) is 48.0 Å². The van der Waals surface area contributed by atoms with E-state index >= 15 is 0 Å². The Morgan fingerprint density at radius 3 is 2.96 bits per heavy atom. The molecule has 1 aromatic heterocycles. The van der Waals surface area contributed by atoms with Gasteiger partial charge in [-0.05, 0) is 37.9 Å². The summed E-state index contributed by atoms with van der Waals surface area (Å²) in [7, 11) is 1.79. The SMILES string of the molecule is CO[C@]1(COc2ccccc2C)CCCN(Cc2ncc[nH]2)C1. The lowest BCUT2D eigenvalue weighted by molar-refractivity contribution is -0.0912. The van der Waals surface area contributed by atoms with Gasteiger partial charge in [0.2, 0.25) is 0 Å². The van der Waals surface area contributed by atoms with Crippen LogP contribution in [0.5, 0.6) is 5.75 Å². The number of piperidine rings is 1. The minimum absolute atomic E-state index is 0.257. The van der Waals surface area contributed by atoms with Crippen LogP contribution >= 0.6 is 0 Å². The van der Waals surface area contributed by atoms with E-state index in [1.807, 2.05) is 24.4 Å². The van der Waals surface area contributed by atoms with Gasteiger partial charge in [0.15, 0.2) is 0 Å². The number of aryl methyl sites for hydroxylation is 1. The number of ether oxygens (including phenoxy) is 2. The highest BCUT2D eigenvalue weighted by Gasteiger charge is 2.36. The summed E-state index contributed by atoms with van der Waals surface area (Å²) < 4.78 is 12.0. The Kier molecular flexibility index (Phi) is 4.98. The normalized spacial score (nSPS) is 22.2. The first-order valence-electron chi connectivity index (χ1n) is 8.15. The molecule has 124 valence electrons. The van der Waals surface area contributed by atoms with Crippen molar-refractivity contribution < 1.29 is 9.47 Å². The summed E-state index contributed by atoms with van der Waals surface area (Å²) in [5, 5.41) is 0. The number of benzene rings is 1. The van der Waals surface area contributed by atoms with E-state index in [1.165, 1.54) is 0 Å². The van der Waals surface area contributed by atoms with Crippen molar-refractivity contribution in [1.29, 1.82) is 0 Å². The number of aromatic nitrogens is 2. The summed E-state index contributed by atoms with van der Waals surface area (Å²) in [4.78, 5) is 9.87. The van der Waals surface area contributed by atoms with Crippen LogP contribution in [0.1, 0.15) is 24.2 Å². The zero-order chi connectivity index (χ0) is 16.1. The van der Waals surface area contributed by atoms with Crippen LogP contribution in [0, 0.1) is 6.92 Å². The number of methoxy groups -OCH3 is 1. The molecule has 0 amide bonds. The van der Waals surface area contributed by atoms with Crippen molar-refractivity contribution in [3.8, 4) is 5.75 Å². The fourth-order valence-corrected chi connectivity index (χ4v) is 3.19. The van der Waals surface area contributed by atoms with E-state index in [2.05, 4.69) is 27.9 Å². The lowest BCUT2D eigenvalue weighted by Crippen LogP contribution is -2.52. The molecule has 0 saturated carbocycles. The predicted octanol–water partition coefficient (Wildman–Crippen LogP) is 2.78. The molecule has 0 bridgehead atoms. The fraction of sp³-hybridized carbons (Fsp3) is 0.500. The maximum Gasteiger partial charge on any atom is 0.122 e. The molecule has 2 aromatic rings. The Bertz CT molecular complexity index is 614. The number of likely N-dealkylation sites (tertiary alicyclic amines) is 1. The molecule has 5 heteroatoms. The zero-order valence-corrected chi connectivity index (χ0v) is 13.9. The molecule has 3 rings (SSSR count). The smallest absolute Gasteiger partial charge is 0.122 e. The highest BCUT2D eigenvalue weighted by Crippen LogP contribution is 2.27. The average Bonchev–Trinajstić information content (AvgIpc) is 3.07. The van der Waals surface area contributed by atoms with E-state index in [4.69, 9.17) is 9.47 Å². The van der Waals surface area contributed by atoms with Crippen LogP contribution in [0.4, 0.5) is 0 Å². The number of hydrogen-bond donors (Lipinski definition) is 1. The van der Waals surface area contributed by atoms with Gasteiger partial charge in [-0.2, -0.15) is 0 Å². The number of para-hydroxylation sites is 1. The Balaban J connectivity index is 1.63. The zero-order valence-electron chi connectivity index (χ0n) is 13.9. The van der Waals surface area contributed by atoms with Gasteiger partial charge in [-0.15, -0.1) is 0 Å². The van der Waals surface area contributed by atoms with Gasteiger partial charge in [0, 0.05) is 26.0 Å². The third-order valence-corrected chi connectivity index (χ3v) is 4.56. The Hall–Kier alpha value is -1.85. The highest BCUT2D eigenvalue weighted by molar-refractivity contribution is 5.31. The van der Waals surface area contributed by atoms with E-state index in [-0.39, 0.29) is 5.60 Å². The summed E-state index contributed by atoms with van der Waals surface area (Å²) in [6.45, 7) is 5.39. The molecule has 0 spiro atoms. The number of nitrogens with zero attached hydrogens (tertiary/aromatic N) is 2. The second kappa shape index (κ2) is 7.15. The molecular weight excluding hydrogens is 290 g/mol. The molecule has 2 heterocycles. The van der Waals surface area contributed by atoms with Crippen LogP contribution in [0.25, 0.3) is 0 Å². The van der Waals surface area contributed by atoms with Crippen LogP contribution in [0.15, 0.2) is 36.7 Å². The maximum atomic E-state index is 6.08. The van der Waals surface area contributed by atoms with Crippen molar-refractivity contribution in [3.63, 3.8) is 0 Å². The topological polar surface area (TPSA) is 50.4 Å². The number of imidazole rings is 1. The molecule has 1 N–H and O–H groups in total. The van der Waals surface area contributed by atoms with Gasteiger partial charge in [-0.3, -0.25) is 4.90 Å². The van der Waals surface area contributed by atoms with Crippen LogP contribution in [0.3, 0.4) is 0 Å². The van der Waals surface area contributed by atoms with Gasteiger partial charge in [0.1, 0.15) is 23.8 Å². The molecule has 5 nitrogen and oxygen atoms in total. The van der Waals surface area contributed by atoms with Crippen LogP contribution in [-0.2, 0) is 11.3 Å². The van der Waals surface area contributed by atoms with Gasteiger partial charge >= 0.3 is 0 Å². The number of nitrogens with one attached hydrogen (secondary N) is 1. The third kappa shape index (κ3) is 3.92. The Labute approximate surface area is 137 Å². The maximum absolute atomic E-state index is 6.08. The van der Waals surface area contributed by atoms with E-state index in [9.17, 15) is 0 Å². The van der Waals surface area contributed by atoms with Crippen molar-refractivity contribution in [1.82, 2.24) is 14.9 Å². The molecule has 1 saturated heterocycles. The van der Waals surface area contributed by atoms with Gasteiger partial charge in [0.05, 0.1) is 6.54 Å². The largest absolute Gasteiger partial charge is 0.490 e. The van der Waals surface area contributed by atoms with Gasteiger partial charge in [0.25, 0.3) is 0 Å². The van der Waals surface area contributed by atoms with Gasteiger partial charge in [-0.1, -0.05) is 18.2 Å². The molecular formula is C18H25N3O2. The number of aromatic amines is 1. The Morgan fingerprint density at radius 2 is 2.22 bits per heavy atom. The van der Waals surface area contributed by atoms with Crippen LogP contribution < -0.4 is 4.74 Å². The van der Waals surface area contributed by atoms with E-state index in [0.717, 1.165) is 49.6 Å². The molecule has 0 radical (unpaired) electrons. The summed E-state index contributed by atoms with van der Waals surface area (Å²) in [5.74, 6) is 1.93. The fourth-order valence-electron chi connectivity index (χ4n) is 3.19. The second-order valence-corrected chi connectivity index (χ2v) is 6.29.